The summed E-state index contributed by atoms with van der Waals surface area (Å²) in [7, 11) is 0. The van der Waals surface area contributed by atoms with Crippen LogP contribution in [0.15, 0.2) is 54.6 Å². The Kier molecular flexibility index (Phi) is 4.86. The highest BCUT2D eigenvalue weighted by atomic mass is 32.2. The highest BCUT2D eigenvalue weighted by molar-refractivity contribution is 7.99. The fourth-order valence-corrected chi connectivity index (χ4v) is 2.32. The van der Waals surface area contributed by atoms with Gasteiger partial charge in [-0.1, -0.05) is 36.4 Å². The van der Waals surface area contributed by atoms with Crippen LogP contribution in [0.2, 0.25) is 0 Å². The lowest BCUT2D eigenvalue weighted by Gasteiger charge is -2.10. The van der Waals surface area contributed by atoms with Gasteiger partial charge >= 0.3 is 5.97 Å². The highest BCUT2D eigenvalue weighted by Gasteiger charge is 2.05. The maximum atomic E-state index is 10.5. The first-order chi connectivity index (χ1) is 9.25. The van der Waals surface area contributed by atoms with Crippen molar-refractivity contribution in [2.75, 3.05) is 5.75 Å². The van der Waals surface area contributed by atoms with E-state index in [0.717, 1.165) is 17.1 Å². The molecule has 2 aromatic carbocycles. The Hall–Kier alpha value is -1.94. The fourth-order valence-electron chi connectivity index (χ4n) is 1.59. The minimum atomic E-state index is -0.800. The summed E-state index contributed by atoms with van der Waals surface area (Å²) in [6.07, 6.45) is 0. The largest absolute Gasteiger partial charge is 0.481 e. The summed E-state index contributed by atoms with van der Waals surface area (Å²) >= 11 is 1.36. The average molecular weight is 274 g/mol. The topological polar surface area (TPSA) is 46.5 Å². The van der Waals surface area contributed by atoms with Crippen LogP contribution >= 0.6 is 11.8 Å². The van der Waals surface area contributed by atoms with Crippen LogP contribution in [-0.2, 0) is 10.5 Å². The van der Waals surface area contributed by atoms with E-state index in [1.165, 1.54) is 11.8 Å². The second-order valence-corrected chi connectivity index (χ2v) is 4.89. The van der Waals surface area contributed by atoms with E-state index in [2.05, 4.69) is 0 Å². The Balaban J connectivity index is 2.06. The molecule has 2 rings (SSSR count). The molecule has 0 radical (unpaired) electrons. The van der Waals surface area contributed by atoms with Gasteiger partial charge in [-0.05, 0) is 18.2 Å². The molecule has 0 aliphatic rings. The fraction of sp³-hybridized carbons (Fsp3) is 0.133. The van der Waals surface area contributed by atoms with Gasteiger partial charge in [-0.3, -0.25) is 4.79 Å². The third-order valence-corrected chi connectivity index (χ3v) is 3.39. The van der Waals surface area contributed by atoms with Gasteiger partial charge in [0.1, 0.15) is 11.5 Å². The van der Waals surface area contributed by atoms with Crippen molar-refractivity contribution in [2.45, 2.75) is 5.75 Å². The van der Waals surface area contributed by atoms with Crippen molar-refractivity contribution < 1.29 is 14.6 Å². The Bertz CT molecular complexity index is 540. The third kappa shape index (κ3) is 4.34. The lowest BCUT2D eigenvalue weighted by Crippen LogP contribution is -1.98. The molecule has 0 amide bonds. The number of carbonyl (C=O) groups is 1. The van der Waals surface area contributed by atoms with Crippen molar-refractivity contribution in [1.82, 2.24) is 0 Å². The maximum Gasteiger partial charge on any atom is 0.313 e. The van der Waals surface area contributed by atoms with Crippen LogP contribution in [0.4, 0.5) is 0 Å². The highest BCUT2D eigenvalue weighted by Crippen LogP contribution is 2.27. The molecule has 1 N–H and O–H groups in total. The summed E-state index contributed by atoms with van der Waals surface area (Å²) in [5, 5.41) is 8.64. The molecule has 0 heterocycles. The lowest BCUT2D eigenvalue weighted by molar-refractivity contribution is -0.133. The van der Waals surface area contributed by atoms with Gasteiger partial charge in [-0.2, -0.15) is 0 Å². The standard InChI is InChI=1S/C15H14O3S/c16-15(17)11-19-10-12-6-4-5-9-14(12)18-13-7-2-1-3-8-13/h1-9H,10-11H2,(H,16,17). The van der Waals surface area contributed by atoms with Crippen molar-refractivity contribution in [3.63, 3.8) is 0 Å². The number of thioether (sulfide) groups is 1. The van der Waals surface area contributed by atoms with Gasteiger partial charge in [0.25, 0.3) is 0 Å². The molecule has 0 fully saturated rings. The van der Waals surface area contributed by atoms with Crippen LogP contribution in [-0.4, -0.2) is 16.8 Å². The molecule has 0 bridgehead atoms. The maximum absolute atomic E-state index is 10.5. The number of carboxylic acid groups (broad SMARTS) is 1. The summed E-state index contributed by atoms with van der Waals surface area (Å²) in [6.45, 7) is 0. The number of hydrogen-bond donors (Lipinski definition) is 1. The van der Waals surface area contributed by atoms with Crippen LogP contribution in [0.1, 0.15) is 5.56 Å². The molecule has 0 atom stereocenters. The molecule has 4 heteroatoms. The zero-order valence-electron chi connectivity index (χ0n) is 10.3. The zero-order valence-corrected chi connectivity index (χ0v) is 11.1. The molecule has 0 unspecified atom stereocenters. The van der Waals surface area contributed by atoms with Gasteiger partial charge < -0.3 is 9.84 Å². The first-order valence-corrected chi connectivity index (χ1v) is 7.01. The zero-order chi connectivity index (χ0) is 13.5. The first-order valence-electron chi connectivity index (χ1n) is 5.86. The number of carboxylic acids is 1. The normalized spacial score (nSPS) is 10.1. The average Bonchev–Trinajstić information content (AvgIpc) is 2.41. The Morgan fingerprint density at radius 2 is 1.74 bits per heavy atom. The summed E-state index contributed by atoms with van der Waals surface area (Å²) < 4.78 is 5.81. The van der Waals surface area contributed by atoms with Crippen LogP contribution in [0.25, 0.3) is 0 Å². The van der Waals surface area contributed by atoms with Crippen molar-refractivity contribution in [1.29, 1.82) is 0 Å². The quantitative estimate of drug-likeness (QED) is 0.870. The van der Waals surface area contributed by atoms with E-state index in [0.29, 0.717) is 5.75 Å². The second kappa shape index (κ2) is 6.85. The van der Waals surface area contributed by atoms with Gasteiger partial charge in [-0.25, -0.2) is 0 Å². The number of para-hydroxylation sites is 2. The minimum absolute atomic E-state index is 0.0969. The smallest absolute Gasteiger partial charge is 0.313 e. The molecule has 0 aromatic heterocycles. The summed E-state index contributed by atoms with van der Waals surface area (Å²) in [4.78, 5) is 10.5. The van der Waals surface area contributed by atoms with E-state index in [1.807, 2.05) is 54.6 Å². The van der Waals surface area contributed by atoms with E-state index < -0.39 is 5.97 Å². The lowest BCUT2D eigenvalue weighted by atomic mass is 10.2. The van der Waals surface area contributed by atoms with Gasteiger partial charge in [0.2, 0.25) is 0 Å². The van der Waals surface area contributed by atoms with Gasteiger partial charge in [0.05, 0.1) is 5.75 Å². The number of ether oxygens (including phenoxy) is 1. The number of hydrogen-bond acceptors (Lipinski definition) is 3. The Morgan fingerprint density at radius 3 is 2.47 bits per heavy atom. The number of benzene rings is 2. The molecular weight excluding hydrogens is 260 g/mol. The van der Waals surface area contributed by atoms with Crippen LogP contribution in [0.3, 0.4) is 0 Å². The molecule has 0 spiro atoms. The SMILES string of the molecule is O=C(O)CSCc1ccccc1Oc1ccccc1. The molecular formula is C15H14O3S. The molecule has 3 nitrogen and oxygen atoms in total. The van der Waals surface area contributed by atoms with Crippen molar-refractivity contribution >= 4 is 17.7 Å². The number of rotatable bonds is 6. The molecule has 0 aliphatic heterocycles. The molecule has 2 aromatic rings. The Labute approximate surface area is 116 Å². The second-order valence-electron chi connectivity index (χ2n) is 3.91. The molecule has 0 aliphatic carbocycles. The van der Waals surface area contributed by atoms with Crippen LogP contribution in [0.5, 0.6) is 11.5 Å². The van der Waals surface area contributed by atoms with Gasteiger partial charge in [-0.15, -0.1) is 11.8 Å². The first kappa shape index (κ1) is 13.5. The van der Waals surface area contributed by atoms with Gasteiger partial charge in [0.15, 0.2) is 0 Å². The minimum Gasteiger partial charge on any atom is -0.481 e. The predicted molar refractivity (Wildman–Crippen MR) is 76.8 cm³/mol. The summed E-state index contributed by atoms with van der Waals surface area (Å²) in [5.74, 6) is 1.46. The third-order valence-electron chi connectivity index (χ3n) is 2.43. The monoisotopic (exact) mass is 274 g/mol. The predicted octanol–water partition coefficient (Wildman–Crippen LogP) is 3.80. The van der Waals surface area contributed by atoms with Gasteiger partial charge in [0, 0.05) is 11.3 Å². The van der Waals surface area contributed by atoms with Crippen LogP contribution in [0, 0.1) is 0 Å². The van der Waals surface area contributed by atoms with Crippen molar-refractivity contribution in [3.8, 4) is 11.5 Å². The van der Waals surface area contributed by atoms with Crippen molar-refractivity contribution in [3.05, 3.63) is 60.2 Å². The number of aliphatic carboxylic acids is 1. The van der Waals surface area contributed by atoms with E-state index in [9.17, 15) is 4.79 Å². The molecule has 0 saturated carbocycles. The molecule has 98 valence electrons. The molecule has 0 saturated heterocycles. The summed E-state index contributed by atoms with van der Waals surface area (Å²) in [6, 6.07) is 17.2. The van der Waals surface area contributed by atoms with E-state index in [1.54, 1.807) is 0 Å². The van der Waals surface area contributed by atoms with Crippen molar-refractivity contribution in [2.24, 2.45) is 0 Å². The van der Waals surface area contributed by atoms with E-state index in [-0.39, 0.29) is 5.75 Å². The Morgan fingerprint density at radius 1 is 1.05 bits per heavy atom. The molecule has 19 heavy (non-hydrogen) atoms. The summed E-state index contributed by atoms with van der Waals surface area (Å²) in [5.41, 5.74) is 0.998. The van der Waals surface area contributed by atoms with E-state index in [4.69, 9.17) is 9.84 Å². The van der Waals surface area contributed by atoms with E-state index >= 15 is 0 Å². The van der Waals surface area contributed by atoms with Crippen LogP contribution < -0.4 is 4.74 Å².